The molecule has 2 aromatic rings. The third-order valence-corrected chi connectivity index (χ3v) is 4.60. The zero-order valence-electron chi connectivity index (χ0n) is 14.9. The summed E-state index contributed by atoms with van der Waals surface area (Å²) in [5.74, 6) is 0.257. The monoisotopic (exact) mass is 428 g/mol. The first kappa shape index (κ1) is 17.5. The molecule has 138 valence electrons. The Morgan fingerprint density at radius 2 is 2.19 bits per heavy atom. The van der Waals surface area contributed by atoms with Crippen LogP contribution in [0.5, 0.6) is 0 Å². The Morgan fingerprint density at radius 3 is 2.93 bits per heavy atom. The summed E-state index contributed by atoms with van der Waals surface area (Å²) in [6, 6.07) is 7.41. The van der Waals surface area contributed by atoms with Crippen LogP contribution in [0.2, 0.25) is 0 Å². The van der Waals surface area contributed by atoms with Gasteiger partial charge in [0, 0.05) is 37.5 Å². The zero-order valence-corrected chi connectivity index (χ0v) is 16.5. The number of halogens is 1. The number of hydrogen-bond acceptors (Lipinski definition) is 7. The lowest BCUT2D eigenvalue weighted by Gasteiger charge is -2.29. The van der Waals surface area contributed by atoms with Crippen molar-refractivity contribution in [2.24, 2.45) is 9.98 Å². The summed E-state index contributed by atoms with van der Waals surface area (Å²) in [7, 11) is 0. The minimum absolute atomic E-state index is 0.211. The third-order valence-electron chi connectivity index (χ3n) is 4.19. The van der Waals surface area contributed by atoms with Crippen molar-refractivity contribution >= 4 is 39.6 Å². The maximum absolute atomic E-state index is 12.4. The number of hydrazine groups is 1. The van der Waals surface area contributed by atoms with Gasteiger partial charge in [0.05, 0.1) is 10.2 Å². The first-order valence-corrected chi connectivity index (χ1v) is 9.07. The van der Waals surface area contributed by atoms with Crippen molar-refractivity contribution in [1.29, 1.82) is 0 Å². The quantitative estimate of drug-likeness (QED) is 0.782. The van der Waals surface area contributed by atoms with Crippen LogP contribution in [0.4, 0.5) is 5.69 Å². The number of hydrogen-bond donors (Lipinski definition) is 2. The molecule has 1 aromatic carbocycles. The number of benzene rings is 1. The molecular formula is C18H17BrN6O2. The number of carbonyl (C=O) groups excluding carboxylic acids is 1. The van der Waals surface area contributed by atoms with Crippen molar-refractivity contribution in [3.63, 3.8) is 0 Å². The average molecular weight is 429 g/mol. The molecule has 0 spiro atoms. The second-order valence-electron chi connectivity index (χ2n) is 6.37. The summed E-state index contributed by atoms with van der Waals surface area (Å²) in [6.07, 6.45) is 3.60. The van der Waals surface area contributed by atoms with Crippen LogP contribution in [0, 0.1) is 13.8 Å². The van der Waals surface area contributed by atoms with E-state index in [1.165, 1.54) is 0 Å². The van der Waals surface area contributed by atoms with E-state index in [1.54, 1.807) is 26.1 Å². The number of aliphatic imine (C=N–C) groups is 2. The fraction of sp³-hybridized carbons (Fsp3) is 0.222. The highest BCUT2D eigenvalue weighted by molar-refractivity contribution is 9.12. The number of amidine groups is 1. The Balaban J connectivity index is 1.57. The zero-order chi connectivity index (χ0) is 19.2. The van der Waals surface area contributed by atoms with E-state index in [2.05, 4.69) is 41.6 Å². The van der Waals surface area contributed by atoms with Crippen molar-refractivity contribution in [3.8, 4) is 0 Å². The Morgan fingerprint density at radius 1 is 1.37 bits per heavy atom. The van der Waals surface area contributed by atoms with E-state index in [9.17, 15) is 4.79 Å². The predicted octanol–water partition coefficient (Wildman–Crippen LogP) is 3.10. The van der Waals surface area contributed by atoms with Crippen LogP contribution >= 0.6 is 15.9 Å². The van der Waals surface area contributed by atoms with Gasteiger partial charge in [-0.2, -0.15) is 0 Å². The van der Waals surface area contributed by atoms with Crippen molar-refractivity contribution in [2.45, 2.75) is 26.6 Å². The van der Waals surface area contributed by atoms with Crippen molar-refractivity contribution in [2.75, 3.05) is 5.32 Å². The van der Waals surface area contributed by atoms with Crippen LogP contribution in [0.3, 0.4) is 0 Å². The predicted molar refractivity (Wildman–Crippen MR) is 106 cm³/mol. The largest absolute Gasteiger partial charge is 0.436 e. The van der Waals surface area contributed by atoms with Gasteiger partial charge in [0.1, 0.15) is 0 Å². The van der Waals surface area contributed by atoms with E-state index >= 15 is 0 Å². The first-order chi connectivity index (χ1) is 12.8. The molecule has 8 nitrogen and oxygen atoms in total. The number of carbonyl (C=O) groups is 1. The SMILES string of the molecule is Cc1nc(C)c(C(=O)Nc2cccc(C3=NC4(C)N=CC(Br)=CN4N3)c2)o1. The summed E-state index contributed by atoms with van der Waals surface area (Å²) in [6.45, 7) is 5.35. The molecule has 9 heteroatoms. The molecule has 1 aromatic heterocycles. The molecule has 2 aliphatic rings. The van der Waals surface area contributed by atoms with E-state index in [4.69, 9.17) is 4.42 Å². The van der Waals surface area contributed by atoms with Gasteiger partial charge in [0.25, 0.3) is 5.91 Å². The summed E-state index contributed by atoms with van der Waals surface area (Å²) in [5.41, 5.74) is 5.24. The second kappa shape index (κ2) is 6.34. The molecule has 3 heterocycles. The van der Waals surface area contributed by atoms with E-state index in [0.29, 0.717) is 23.1 Å². The Labute approximate surface area is 164 Å². The summed E-state index contributed by atoms with van der Waals surface area (Å²) in [5, 5.41) is 4.66. The number of allylic oxidation sites excluding steroid dienone is 1. The van der Waals surface area contributed by atoms with Gasteiger partial charge in [0.2, 0.25) is 11.5 Å². The molecule has 1 amide bonds. The lowest BCUT2D eigenvalue weighted by atomic mass is 10.2. The smallest absolute Gasteiger partial charge is 0.293 e. The molecule has 27 heavy (non-hydrogen) atoms. The molecule has 0 fully saturated rings. The van der Waals surface area contributed by atoms with Gasteiger partial charge in [-0.1, -0.05) is 12.1 Å². The van der Waals surface area contributed by atoms with Crippen molar-refractivity contribution in [3.05, 3.63) is 57.9 Å². The highest BCUT2D eigenvalue weighted by Crippen LogP contribution is 2.29. The van der Waals surface area contributed by atoms with Crippen LogP contribution in [-0.2, 0) is 0 Å². The van der Waals surface area contributed by atoms with E-state index < -0.39 is 5.79 Å². The van der Waals surface area contributed by atoms with Gasteiger partial charge in [-0.3, -0.25) is 10.2 Å². The number of aromatic nitrogens is 1. The van der Waals surface area contributed by atoms with E-state index in [-0.39, 0.29) is 11.7 Å². The summed E-state index contributed by atoms with van der Waals surface area (Å²) in [4.78, 5) is 25.7. The third kappa shape index (κ3) is 3.25. The van der Waals surface area contributed by atoms with Gasteiger partial charge in [-0.25, -0.2) is 20.0 Å². The number of nitrogens with zero attached hydrogens (tertiary/aromatic N) is 4. The van der Waals surface area contributed by atoms with Gasteiger partial charge in [0.15, 0.2) is 11.7 Å². The minimum Gasteiger partial charge on any atom is -0.436 e. The fourth-order valence-electron chi connectivity index (χ4n) is 2.90. The molecule has 2 aliphatic heterocycles. The van der Waals surface area contributed by atoms with Crippen molar-refractivity contribution in [1.82, 2.24) is 15.4 Å². The topological polar surface area (TPSA) is 95.1 Å². The minimum atomic E-state index is -0.736. The normalized spacial score (nSPS) is 20.7. The Kier molecular flexibility index (Phi) is 4.11. The molecule has 1 unspecified atom stereocenters. The fourth-order valence-corrected chi connectivity index (χ4v) is 3.21. The molecule has 0 bridgehead atoms. The highest BCUT2D eigenvalue weighted by atomic mass is 79.9. The van der Waals surface area contributed by atoms with E-state index in [0.717, 1.165) is 10.0 Å². The number of amides is 1. The van der Waals surface area contributed by atoms with Crippen LogP contribution in [0.25, 0.3) is 0 Å². The average Bonchev–Trinajstić information content (AvgIpc) is 3.14. The molecular weight excluding hydrogens is 412 g/mol. The second-order valence-corrected chi connectivity index (χ2v) is 7.28. The van der Waals surface area contributed by atoms with Crippen LogP contribution < -0.4 is 10.7 Å². The highest BCUT2D eigenvalue weighted by Gasteiger charge is 2.37. The number of fused-ring (bicyclic) bond motifs is 1. The van der Waals surface area contributed by atoms with Gasteiger partial charge in [-0.05, 0) is 35.0 Å². The molecule has 4 rings (SSSR count). The van der Waals surface area contributed by atoms with Crippen LogP contribution in [0.15, 0.2) is 49.3 Å². The molecule has 0 radical (unpaired) electrons. The van der Waals surface area contributed by atoms with E-state index in [1.807, 2.05) is 36.3 Å². The summed E-state index contributed by atoms with van der Waals surface area (Å²) < 4.78 is 6.22. The maximum atomic E-state index is 12.4. The Bertz CT molecular complexity index is 1020. The van der Waals surface area contributed by atoms with Crippen molar-refractivity contribution < 1.29 is 9.21 Å². The number of aryl methyl sites for hydroxylation is 2. The summed E-state index contributed by atoms with van der Waals surface area (Å²) >= 11 is 3.41. The van der Waals surface area contributed by atoms with Crippen LogP contribution in [0.1, 0.15) is 34.6 Å². The number of nitrogens with one attached hydrogen (secondary N) is 2. The van der Waals surface area contributed by atoms with Gasteiger partial charge >= 0.3 is 0 Å². The first-order valence-electron chi connectivity index (χ1n) is 8.28. The standard InChI is InChI=1S/C18H17BrN6O2/c1-10-15(27-11(2)21-10)17(26)22-14-6-4-5-12(7-14)16-23-18(3)20-8-13(19)9-25(18)24-16/h4-9H,1-3H3,(H,22,26)(H,23,24). The molecule has 0 saturated carbocycles. The molecule has 0 aliphatic carbocycles. The molecule has 1 atom stereocenters. The molecule has 2 N–H and O–H groups in total. The molecule has 0 saturated heterocycles. The van der Waals surface area contributed by atoms with Gasteiger partial charge < -0.3 is 9.73 Å². The maximum Gasteiger partial charge on any atom is 0.293 e. The van der Waals surface area contributed by atoms with Gasteiger partial charge in [-0.15, -0.1) is 0 Å². The lowest BCUT2D eigenvalue weighted by Crippen LogP contribution is -2.44. The van der Waals surface area contributed by atoms with Crippen LogP contribution in [-0.4, -0.2) is 33.7 Å². The number of oxazole rings is 1. The number of rotatable bonds is 3. The Hall–Kier alpha value is -2.94. The lowest BCUT2D eigenvalue weighted by molar-refractivity contribution is 0.0994. The number of anilines is 1.